The highest BCUT2D eigenvalue weighted by atomic mass is 32.2. The van der Waals surface area contributed by atoms with Crippen LogP contribution in [0.3, 0.4) is 0 Å². The van der Waals surface area contributed by atoms with Gasteiger partial charge in [-0.15, -0.1) is 0 Å². The van der Waals surface area contributed by atoms with Crippen molar-refractivity contribution in [3.05, 3.63) is 42.6 Å². The summed E-state index contributed by atoms with van der Waals surface area (Å²) in [4.78, 5) is 22.3. The van der Waals surface area contributed by atoms with E-state index in [2.05, 4.69) is 9.97 Å². The first-order valence-electron chi connectivity index (χ1n) is 7.07. The lowest BCUT2D eigenvalue weighted by Gasteiger charge is -2.29. The van der Waals surface area contributed by atoms with Gasteiger partial charge in [0.2, 0.25) is 5.91 Å². The molecule has 0 radical (unpaired) electrons. The van der Waals surface area contributed by atoms with Gasteiger partial charge in [-0.1, -0.05) is 18.7 Å². The molecule has 1 atom stereocenters. The van der Waals surface area contributed by atoms with E-state index < -0.39 is 0 Å². The quantitative estimate of drug-likeness (QED) is 0.591. The Morgan fingerprint density at radius 3 is 2.77 bits per heavy atom. The first-order valence-corrected chi connectivity index (χ1v) is 8.05. The van der Waals surface area contributed by atoms with E-state index in [4.69, 9.17) is 4.42 Å². The minimum atomic E-state index is -0.227. The van der Waals surface area contributed by atoms with E-state index in [0.29, 0.717) is 23.9 Å². The Morgan fingerprint density at radius 1 is 1.41 bits per heavy atom. The summed E-state index contributed by atoms with van der Waals surface area (Å²) in [6.07, 6.45) is 5.53. The van der Waals surface area contributed by atoms with Crippen molar-refractivity contribution in [2.24, 2.45) is 0 Å². The first kappa shape index (κ1) is 16.5. The molecule has 2 aromatic heterocycles. The average molecular weight is 321 g/mol. The standard InChI is InChI=1S/C15H19N3O3S/c1-2-12(10-19)18(9-13-5-3-8-21-13)14(20)11-22-15-16-6-4-7-17-15/h3-8,12,19H,2,9-11H2,1H3/t12-/m0/s1. The van der Waals surface area contributed by atoms with Crippen LogP contribution in [-0.2, 0) is 11.3 Å². The zero-order chi connectivity index (χ0) is 15.8. The van der Waals surface area contributed by atoms with E-state index >= 15 is 0 Å². The van der Waals surface area contributed by atoms with Crippen molar-refractivity contribution in [2.45, 2.75) is 31.1 Å². The number of nitrogens with zero attached hydrogens (tertiary/aromatic N) is 3. The number of rotatable bonds is 8. The lowest BCUT2D eigenvalue weighted by Crippen LogP contribution is -2.42. The summed E-state index contributed by atoms with van der Waals surface area (Å²) < 4.78 is 5.31. The van der Waals surface area contributed by atoms with Gasteiger partial charge in [-0.3, -0.25) is 4.79 Å². The number of carbonyl (C=O) groups is 1. The highest BCUT2D eigenvalue weighted by Gasteiger charge is 2.23. The number of thioether (sulfide) groups is 1. The first-order chi connectivity index (χ1) is 10.7. The van der Waals surface area contributed by atoms with Crippen LogP contribution in [0.2, 0.25) is 0 Å². The second-order valence-corrected chi connectivity index (χ2v) is 5.61. The van der Waals surface area contributed by atoms with Gasteiger partial charge in [0.25, 0.3) is 0 Å². The van der Waals surface area contributed by atoms with E-state index in [-0.39, 0.29) is 24.3 Å². The lowest BCUT2D eigenvalue weighted by atomic mass is 10.2. The van der Waals surface area contributed by atoms with Crippen molar-refractivity contribution in [2.75, 3.05) is 12.4 Å². The van der Waals surface area contributed by atoms with Crippen LogP contribution in [0.4, 0.5) is 0 Å². The van der Waals surface area contributed by atoms with Crippen molar-refractivity contribution >= 4 is 17.7 Å². The number of hydrogen-bond acceptors (Lipinski definition) is 6. The van der Waals surface area contributed by atoms with Crippen LogP contribution >= 0.6 is 11.8 Å². The smallest absolute Gasteiger partial charge is 0.233 e. The summed E-state index contributed by atoms with van der Waals surface area (Å²) in [6.45, 7) is 2.22. The number of hydrogen-bond donors (Lipinski definition) is 1. The van der Waals surface area contributed by atoms with Gasteiger partial charge in [0, 0.05) is 12.4 Å². The second-order valence-electron chi connectivity index (χ2n) is 4.67. The van der Waals surface area contributed by atoms with E-state index in [0.717, 1.165) is 0 Å². The summed E-state index contributed by atoms with van der Waals surface area (Å²) >= 11 is 1.28. The molecule has 0 spiro atoms. The molecule has 1 N–H and O–H groups in total. The van der Waals surface area contributed by atoms with Crippen molar-refractivity contribution in [3.63, 3.8) is 0 Å². The number of carbonyl (C=O) groups excluding carboxylic acids is 1. The van der Waals surface area contributed by atoms with E-state index in [9.17, 15) is 9.90 Å². The lowest BCUT2D eigenvalue weighted by molar-refractivity contribution is -0.132. The fourth-order valence-corrected chi connectivity index (χ4v) is 2.70. The molecule has 2 rings (SSSR count). The molecular formula is C15H19N3O3S. The van der Waals surface area contributed by atoms with Crippen LogP contribution in [0, 0.1) is 0 Å². The Hall–Kier alpha value is -1.86. The van der Waals surface area contributed by atoms with Crippen LogP contribution < -0.4 is 0 Å². The minimum absolute atomic E-state index is 0.0740. The highest BCUT2D eigenvalue weighted by molar-refractivity contribution is 7.99. The van der Waals surface area contributed by atoms with Crippen LogP contribution in [0.25, 0.3) is 0 Å². The number of aliphatic hydroxyl groups is 1. The largest absolute Gasteiger partial charge is 0.467 e. The van der Waals surface area contributed by atoms with Crippen molar-refractivity contribution < 1.29 is 14.3 Å². The molecule has 0 aliphatic heterocycles. The molecule has 0 unspecified atom stereocenters. The van der Waals surface area contributed by atoms with Crippen molar-refractivity contribution in [1.82, 2.24) is 14.9 Å². The Bertz CT molecular complexity index is 559. The topological polar surface area (TPSA) is 79.5 Å². The summed E-state index contributed by atoms with van der Waals surface area (Å²) in [5.74, 6) is 0.845. The Morgan fingerprint density at radius 2 is 2.18 bits per heavy atom. The number of aliphatic hydroxyl groups excluding tert-OH is 1. The van der Waals surface area contributed by atoms with E-state index in [1.807, 2.05) is 13.0 Å². The molecule has 2 heterocycles. The van der Waals surface area contributed by atoms with Crippen LogP contribution in [-0.4, -0.2) is 44.3 Å². The normalized spacial score (nSPS) is 12.1. The maximum absolute atomic E-state index is 12.5. The molecule has 0 aromatic carbocycles. The zero-order valence-corrected chi connectivity index (χ0v) is 13.2. The maximum atomic E-state index is 12.5. The second kappa shape index (κ2) is 8.55. The highest BCUT2D eigenvalue weighted by Crippen LogP contribution is 2.17. The van der Waals surface area contributed by atoms with Crippen LogP contribution in [0.15, 0.2) is 46.4 Å². The minimum Gasteiger partial charge on any atom is -0.467 e. The van der Waals surface area contributed by atoms with Crippen molar-refractivity contribution in [1.29, 1.82) is 0 Å². The molecule has 0 aliphatic rings. The molecule has 1 amide bonds. The van der Waals surface area contributed by atoms with Gasteiger partial charge >= 0.3 is 0 Å². The number of aromatic nitrogens is 2. The Balaban J connectivity index is 2.01. The van der Waals surface area contributed by atoms with E-state index in [1.54, 1.807) is 35.7 Å². The SMILES string of the molecule is CC[C@@H](CO)N(Cc1ccco1)C(=O)CSc1ncccn1. The summed E-state index contributed by atoms with van der Waals surface area (Å²) in [7, 11) is 0. The van der Waals surface area contributed by atoms with Crippen LogP contribution in [0.1, 0.15) is 19.1 Å². The van der Waals surface area contributed by atoms with Crippen LogP contribution in [0.5, 0.6) is 0 Å². The molecule has 2 aromatic rings. The van der Waals surface area contributed by atoms with Gasteiger partial charge in [-0.25, -0.2) is 9.97 Å². The molecule has 0 saturated heterocycles. The molecule has 6 nitrogen and oxygen atoms in total. The predicted octanol–water partition coefficient (Wildman–Crippen LogP) is 1.96. The molecule has 118 valence electrons. The molecular weight excluding hydrogens is 302 g/mol. The molecule has 0 aliphatic carbocycles. The predicted molar refractivity (Wildman–Crippen MR) is 83.2 cm³/mol. The van der Waals surface area contributed by atoms with Gasteiger partial charge in [0.1, 0.15) is 5.76 Å². The molecule has 0 fully saturated rings. The average Bonchev–Trinajstić information content (AvgIpc) is 3.07. The molecule has 22 heavy (non-hydrogen) atoms. The molecule has 0 saturated carbocycles. The Labute approximate surface area is 133 Å². The van der Waals surface area contributed by atoms with Gasteiger partial charge in [0.15, 0.2) is 5.16 Å². The number of amides is 1. The van der Waals surface area contributed by atoms with Crippen molar-refractivity contribution in [3.8, 4) is 0 Å². The molecule has 0 bridgehead atoms. The van der Waals surface area contributed by atoms with Gasteiger partial charge in [0.05, 0.1) is 31.2 Å². The summed E-state index contributed by atoms with van der Waals surface area (Å²) in [6, 6.07) is 5.10. The maximum Gasteiger partial charge on any atom is 0.233 e. The van der Waals surface area contributed by atoms with Gasteiger partial charge in [-0.05, 0) is 24.6 Å². The number of furan rings is 1. The third kappa shape index (κ3) is 4.57. The third-order valence-corrected chi connectivity index (χ3v) is 4.08. The summed E-state index contributed by atoms with van der Waals surface area (Å²) in [5, 5.41) is 10.1. The monoisotopic (exact) mass is 321 g/mol. The molecule has 7 heteroatoms. The summed E-state index contributed by atoms with van der Waals surface area (Å²) in [5.41, 5.74) is 0. The Kier molecular flexibility index (Phi) is 6.42. The fourth-order valence-electron chi connectivity index (χ4n) is 2.01. The van der Waals surface area contributed by atoms with E-state index in [1.165, 1.54) is 11.8 Å². The van der Waals surface area contributed by atoms with Gasteiger partial charge < -0.3 is 14.4 Å². The fraction of sp³-hybridized carbons (Fsp3) is 0.400. The third-order valence-electron chi connectivity index (χ3n) is 3.22. The van der Waals surface area contributed by atoms with Gasteiger partial charge in [-0.2, -0.15) is 0 Å². The zero-order valence-electron chi connectivity index (χ0n) is 12.4.